The van der Waals surface area contributed by atoms with E-state index in [0.717, 1.165) is 46.4 Å². The second kappa shape index (κ2) is 17.8. The van der Waals surface area contributed by atoms with Crippen molar-refractivity contribution in [2.75, 3.05) is 27.3 Å². The van der Waals surface area contributed by atoms with E-state index in [1.165, 1.54) is 14.2 Å². The lowest BCUT2D eigenvalue weighted by Gasteiger charge is -2.30. The lowest BCUT2D eigenvalue weighted by atomic mass is 10.00. The molecule has 56 heavy (non-hydrogen) atoms. The Balaban J connectivity index is 1.28. The summed E-state index contributed by atoms with van der Waals surface area (Å²) in [4.78, 5) is 66.2. The molecule has 5 rings (SSSR count). The van der Waals surface area contributed by atoms with Crippen LogP contribution in [0.1, 0.15) is 111 Å². The van der Waals surface area contributed by atoms with Gasteiger partial charge in [0.05, 0.1) is 32.5 Å². The number of carbonyl (C=O) groups excluding carboxylic acids is 4. The summed E-state index contributed by atoms with van der Waals surface area (Å²) in [7, 11) is 2.57. The Morgan fingerprint density at radius 1 is 0.768 bits per heavy atom. The molecule has 2 fully saturated rings. The summed E-state index contributed by atoms with van der Waals surface area (Å²) >= 11 is 0. The number of ether oxygens (including phenoxy) is 2. The average molecular weight is 766 g/mol. The van der Waals surface area contributed by atoms with E-state index < -0.39 is 24.3 Å². The van der Waals surface area contributed by atoms with E-state index in [2.05, 4.69) is 63.1 Å². The van der Waals surface area contributed by atoms with Crippen LogP contribution in [-0.4, -0.2) is 88.1 Å². The van der Waals surface area contributed by atoms with Crippen molar-refractivity contribution in [3.05, 3.63) is 75.6 Å². The summed E-state index contributed by atoms with van der Waals surface area (Å²) in [6.45, 7) is 17.0. The van der Waals surface area contributed by atoms with Crippen molar-refractivity contribution in [3.63, 3.8) is 0 Å². The number of carbonyl (C=O) groups is 4. The first-order chi connectivity index (χ1) is 26.6. The van der Waals surface area contributed by atoms with Gasteiger partial charge in [-0.15, -0.1) is 0 Å². The molecule has 13 heteroatoms. The van der Waals surface area contributed by atoms with Crippen molar-refractivity contribution in [2.24, 2.45) is 23.7 Å². The second-order valence-electron chi connectivity index (χ2n) is 15.9. The number of hydrogen-bond acceptors (Lipinski definition) is 7. The molecule has 4 amide bonds. The Morgan fingerprint density at radius 3 is 1.79 bits per heavy atom. The van der Waals surface area contributed by atoms with Crippen LogP contribution in [-0.2, 0) is 19.1 Å². The zero-order valence-corrected chi connectivity index (χ0v) is 34.1. The minimum absolute atomic E-state index is 0.107. The third kappa shape index (κ3) is 9.57. The first-order valence-electron chi connectivity index (χ1n) is 19.3. The third-order valence-electron chi connectivity index (χ3n) is 10.6. The van der Waals surface area contributed by atoms with Gasteiger partial charge in [0.25, 0.3) is 0 Å². The van der Waals surface area contributed by atoms with Gasteiger partial charge >= 0.3 is 12.2 Å². The quantitative estimate of drug-likeness (QED) is 0.213. The molecule has 4 N–H and O–H groups in total. The van der Waals surface area contributed by atoms with Crippen molar-refractivity contribution < 1.29 is 28.7 Å². The number of alkyl carbamates (subject to hydrolysis) is 2. The Morgan fingerprint density at radius 2 is 1.27 bits per heavy atom. The first kappa shape index (κ1) is 41.5. The van der Waals surface area contributed by atoms with Crippen LogP contribution < -0.4 is 10.6 Å². The molecule has 0 spiro atoms. The van der Waals surface area contributed by atoms with Gasteiger partial charge in [0.15, 0.2) is 0 Å². The van der Waals surface area contributed by atoms with Crippen molar-refractivity contribution in [1.29, 1.82) is 0 Å². The van der Waals surface area contributed by atoms with Gasteiger partial charge in [0.2, 0.25) is 11.8 Å². The van der Waals surface area contributed by atoms with Crippen LogP contribution in [0.5, 0.6) is 0 Å². The summed E-state index contributed by atoms with van der Waals surface area (Å²) < 4.78 is 9.53. The van der Waals surface area contributed by atoms with Crippen molar-refractivity contribution in [3.8, 4) is 23.7 Å². The SMILES string of the molecule is COC(=O)N[C@H](C(=O)N1C[C@@H](C)C[C@H]1c1cc(C#Cc2cc(C)c(C#Cc3cnc([C@@H]4C[C@H](C)CN4C(=O)[C@@H](NC(=O)OC)C(C)C)[nH]3)cc2C)c[nH]1)C(C)C. The van der Waals surface area contributed by atoms with Gasteiger partial charge in [-0.1, -0.05) is 59.3 Å². The molecule has 4 heterocycles. The van der Waals surface area contributed by atoms with Gasteiger partial charge in [0, 0.05) is 41.7 Å². The van der Waals surface area contributed by atoms with Crippen molar-refractivity contribution in [2.45, 2.75) is 92.4 Å². The number of aromatic nitrogens is 3. The van der Waals surface area contributed by atoms with Crippen LogP contribution >= 0.6 is 0 Å². The van der Waals surface area contributed by atoms with E-state index in [-0.39, 0.29) is 41.7 Å². The van der Waals surface area contributed by atoms with Gasteiger partial charge < -0.3 is 39.9 Å². The summed E-state index contributed by atoms with van der Waals surface area (Å²) in [5, 5.41) is 5.40. The Labute approximate surface area is 330 Å². The molecule has 0 radical (unpaired) electrons. The molecule has 298 valence electrons. The first-order valence-corrected chi connectivity index (χ1v) is 19.3. The van der Waals surface area contributed by atoms with Gasteiger partial charge in [-0.3, -0.25) is 9.59 Å². The molecule has 2 aliphatic rings. The average Bonchev–Trinajstić information content (AvgIpc) is 3.98. The van der Waals surface area contributed by atoms with Crippen LogP contribution in [0.4, 0.5) is 9.59 Å². The van der Waals surface area contributed by atoms with Crippen LogP contribution in [0, 0.1) is 61.2 Å². The maximum Gasteiger partial charge on any atom is 0.407 e. The molecule has 0 aliphatic carbocycles. The molecular formula is C43H55N7O6. The number of nitrogens with zero attached hydrogens (tertiary/aromatic N) is 3. The smallest absolute Gasteiger partial charge is 0.407 e. The predicted molar refractivity (Wildman–Crippen MR) is 212 cm³/mol. The zero-order valence-electron chi connectivity index (χ0n) is 34.1. The van der Waals surface area contributed by atoms with E-state index in [1.807, 2.05) is 70.8 Å². The number of rotatable bonds is 8. The largest absolute Gasteiger partial charge is 0.453 e. The number of benzene rings is 1. The highest BCUT2D eigenvalue weighted by Gasteiger charge is 2.41. The molecular weight excluding hydrogens is 711 g/mol. The number of aryl methyl sites for hydroxylation is 2. The number of methoxy groups -OCH3 is 2. The standard InChI is InChI=1S/C43H55N7O6/c1-24(2)37(47-42(53)55-9)40(51)49-22-26(5)15-35(49)34-19-30(20-44-34)11-12-31-17-29(8)32(18-28(31)7)13-14-33-21-45-39(46-33)36-16-27(6)23-50(36)41(52)38(25(3)4)48-43(54)56-10/h17-21,24-27,35-38,44H,15-16,22-23H2,1-10H3,(H,45,46)(H,47,53)(H,48,54)/t26-,27-,35-,36-,37-,38-/m0/s1. The normalized spacial score (nSPS) is 20.1. The number of imidazole rings is 1. The molecule has 3 aromatic rings. The molecule has 2 aromatic heterocycles. The van der Waals surface area contributed by atoms with Crippen LogP contribution in [0.2, 0.25) is 0 Å². The maximum absolute atomic E-state index is 13.7. The zero-order chi connectivity index (χ0) is 40.8. The van der Waals surface area contributed by atoms with E-state index in [9.17, 15) is 19.2 Å². The van der Waals surface area contributed by atoms with Crippen molar-refractivity contribution in [1.82, 2.24) is 35.4 Å². The summed E-state index contributed by atoms with van der Waals surface area (Å²) in [5.74, 6) is 13.8. The predicted octanol–water partition coefficient (Wildman–Crippen LogP) is 5.73. The summed E-state index contributed by atoms with van der Waals surface area (Å²) in [6, 6.07) is 4.25. The molecule has 13 nitrogen and oxygen atoms in total. The Kier molecular flexibility index (Phi) is 13.2. The maximum atomic E-state index is 13.7. The van der Waals surface area contributed by atoms with E-state index >= 15 is 0 Å². The minimum atomic E-state index is -0.713. The summed E-state index contributed by atoms with van der Waals surface area (Å²) in [5.41, 5.74) is 6.09. The Hall–Kier alpha value is -5.69. The topological polar surface area (TPSA) is 162 Å². The summed E-state index contributed by atoms with van der Waals surface area (Å²) in [6.07, 6.45) is 3.84. The fourth-order valence-corrected chi connectivity index (χ4v) is 7.49. The highest BCUT2D eigenvalue weighted by atomic mass is 16.5. The molecule has 2 saturated heterocycles. The van der Waals surface area contributed by atoms with Gasteiger partial charge in [-0.2, -0.15) is 0 Å². The van der Waals surface area contributed by atoms with Gasteiger partial charge in [-0.05, 0) is 85.6 Å². The van der Waals surface area contributed by atoms with Crippen molar-refractivity contribution >= 4 is 24.0 Å². The van der Waals surface area contributed by atoms with Crippen LogP contribution in [0.15, 0.2) is 30.6 Å². The van der Waals surface area contributed by atoms with Crippen LogP contribution in [0.3, 0.4) is 0 Å². The molecule has 2 aliphatic heterocycles. The third-order valence-corrected chi connectivity index (χ3v) is 10.6. The second-order valence-corrected chi connectivity index (χ2v) is 15.9. The lowest BCUT2D eigenvalue weighted by molar-refractivity contribution is -0.136. The van der Waals surface area contributed by atoms with Gasteiger partial charge in [0.1, 0.15) is 23.6 Å². The molecule has 1 aromatic carbocycles. The minimum Gasteiger partial charge on any atom is -0.453 e. The van der Waals surface area contributed by atoms with Crippen LogP contribution in [0.25, 0.3) is 0 Å². The molecule has 0 unspecified atom stereocenters. The number of amides is 4. The molecule has 0 saturated carbocycles. The fraction of sp³-hybridized carbons (Fsp3) is 0.512. The van der Waals surface area contributed by atoms with E-state index in [4.69, 9.17) is 9.47 Å². The lowest BCUT2D eigenvalue weighted by Crippen LogP contribution is -2.51. The Bertz CT molecular complexity index is 1910. The monoisotopic (exact) mass is 765 g/mol. The number of aromatic amines is 2. The van der Waals surface area contributed by atoms with Gasteiger partial charge in [-0.25, -0.2) is 14.6 Å². The van der Waals surface area contributed by atoms with E-state index in [0.29, 0.717) is 30.5 Å². The highest BCUT2D eigenvalue weighted by Crippen LogP contribution is 2.37. The number of H-pyrrole nitrogens is 2. The number of nitrogens with one attached hydrogen (secondary N) is 4. The fourth-order valence-electron chi connectivity index (χ4n) is 7.49. The highest BCUT2D eigenvalue weighted by molar-refractivity contribution is 5.87. The van der Waals surface area contributed by atoms with E-state index in [1.54, 1.807) is 11.1 Å². The molecule has 6 atom stereocenters. The molecule has 0 bridgehead atoms. The number of likely N-dealkylation sites (tertiary alicyclic amines) is 2. The number of hydrogen-bond donors (Lipinski definition) is 4.